The van der Waals surface area contributed by atoms with E-state index in [-0.39, 0.29) is 0 Å². The van der Waals surface area contributed by atoms with E-state index in [2.05, 4.69) is 27.9 Å². The van der Waals surface area contributed by atoms with Crippen LogP contribution in [-0.4, -0.2) is 49.8 Å². The highest BCUT2D eigenvalue weighted by atomic mass is 79.9. The maximum atomic E-state index is 12.9. The SMILES string of the molecule is CN1C2CCC1CN(S(=O)(=O)c1cc(CCl)sc1Br)CC2. The van der Waals surface area contributed by atoms with Gasteiger partial charge in [-0.3, -0.25) is 4.90 Å². The van der Waals surface area contributed by atoms with Crippen LogP contribution in [0.2, 0.25) is 0 Å². The minimum Gasteiger partial charge on any atom is -0.299 e. The lowest BCUT2D eigenvalue weighted by atomic mass is 10.1. The smallest absolute Gasteiger partial charge is 0.245 e. The molecule has 0 saturated carbocycles. The molecule has 21 heavy (non-hydrogen) atoms. The summed E-state index contributed by atoms with van der Waals surface area (Å²) in [5.41, 5.74) is 0. The Hall–Kier alpha value is 0.340. The first-order valence-electron chi connectivity index (χ1n) is 6.99. The van der Waals surface area contributed by atoms with Crippen LogP contribution >= 0.6 is 38.9 Å². The lowest BCUT2D eigenvalue weighted by Gasteiger charge is -2.25. The molecule has 8 heteroatoms. The van der Waals surface area contributed by atoms with Crippen molar-refractivity contribution in [2.45, 2.75) is 42.1 Å². The second-order valence-corrected chi connectivity index (χ2v) is 10.3. The van der Waals surface area contributed by atoms with E-state index >= 15 is 0 Å². The van der Waals surface area contributed by atoms with E-state index < -0.39 is 10.0 Å². The predicted molar refractivity (Wildman–Crippen MR) is 89.5 cm³/mol. The van der Waals surface area contributed by atoms with Crippen molar-refractivity contribution < 1.29 is 8.42 Å². The molecular weight excluding hydrogens is 396 g/mol. The highest BCUT2D eigenvalue weighted by Gasteiger charge is 2.39. The molecule has 2 bridgehead atoms. The van der Waals surface area contributed by atoms with E-state index in [4.69, 9.17) is 11.6 Å². The maximum absolute atomic E-state index is 12.9. The monoisotopic (exact) mass is 412 g/mol. The van der Waals surface area contributed by atoms with Crippen LogP contribution in [0.3, 0.4) is 0 Å². The Bertz CT molecular complexity index is 634. The highest BCUT2D eigenvalue weighted by molar-refractivity contribution is 9.11. The molecule has 2 aliphatic rings. The van der Waals surface area contributed by atoms with Gasteiger partial charge in [-0.25, -0.2) is 8.42 Å². The Morgan fingerprint density at radius 2 is 2.10 bits per heavy atom. The van der Waals surface area contributed by atoms with E-state index in [0.29, 0.717) is 39.7 Å². The van der Waals surface area contributed by atoms with Crippen LogP contribution in [0.15, 0.2) is 14.7 Å². The number of hydrogen-bond donors (Lipinski definition) is 0. The molecule has 0 aromatic carbocycles. The quantitative estimate of drug-likeness (QED) is 0.715. The van der Waals surface area contributed by atoms with Crippen molar-refractivity contribution in [3.05, 3.63) is 14.7 Å². The molecule has 4 nitrogen and oxygen atoms in total. The van der Waals surface area contributed by atoms with Crippen molar-refractivity contribution in [2.75, 3.05) is 20.1 Å². The number of thiophene rings is 1. The summed E-state index contributed by atoms with van der Waals surface area (Å²) in [4.78, 5) is 3.58. The molecule has 2 unspecified atom stereocenters. The van der Waals surface area contributed by atoms with E-state index in [9.17, 15) is 8.42 Å². The third-order valence-corrected chi connectivity index (χ3v) is 9.13. The molecule has 0 spiro atoms. The fourth-order valence-corrected chi connectivity index (χ4v) is 7.49. The second kappa shape index (κ2) is 6.09. The molecule has 2 aliphatic heterocycles. The van der Waals surface area contributed by atoms with E-state index in [1.807, 2.05) is 0 Å². The summed E-state index contributed by atoms with van der Waals surface area (Å²) in [6.45, 7) is 1.19. The first kappa shape index (κ1) is 16.2. The zero-order chi connectivity index (χ0) is 15.2. The first-order valence-corrected chi connectivity index (χ1v) is 10.6. The minimum absolute atomic E-state index is 0.340. The molecule has 2 fully saturated rings. The molecule has 0 aliphatic carbocycles. The maximum Gasteiger partial charge on any atom is 0.245 e. The molecular formula is C13H18BrClN2O2S2. The van der Waals surface area contributed by atoms with Crippen molar-refractivity contribution in [2.24, 2.45) is 0 Å². The molecule has 1 aromatic heterocycles. The van der Waals surface area contributed by atoms with Crippen LogP contribution in [0.4, 0.5) is 0 Å². The van der Waals surface area contributed by atoms with E-state index in [1.165, 1.54) is 17.8 Å². The van der Waals surface area contributed by atoms with Crippen LogP contribution in [0.1, 0.15) is 24.1 Å². The summed E-state index contributed by atoms with van der Waals surface area (Å²) in [7, 11) is -1.32. The van der Waals surface area contributed by atoms with Crippen LogP contribution in [-0.2, 0) is 15.9 Å². The van der Waals surface area contributed by atoms with E-state index in [0.717, 1.165) is 17.7 Å². The van der Waals surface area contributed by atoms with Crippen LogP contribution in [0, 0.1) is 0 Å². The average Bonchev–Trinajstić information content (AvgIpc) is 2.90. The Morgan fingerprint density at radius 1 is 1.38 bits per heavy atom. The second-order valence-electron chi connectivity index (χ2n) is 5.69. The molecule has 118 valence electrons. The zero-order valence-electron chi connectivity index (χ0n) is 11.8. The van der Waals surface area contributed by atoms with Gasteiger partial charge in [0.15, 0.2) is 0 Å². The van der Waals surface area contributed by atoms with Gasteiger partial charge in [-0.2, -0.15) is 4.31 Å². The van der Waals surface area contributed by atoms with Gasteiger partial charge in [-0.05, 0) is 48.3 Å². The molecule has 1 aromatic rings. The fraction of sp³-hybridized carbons (Fsp3) is 0.692. The van der Waals surface area contributed by atoms with Gasteiger partial charge in [0.25, 0.3) is 0 Å². The number of alkyl halides is 1. The van der Waals surface area contributed by atoms with Crippen molar-refractivity contribution in [3.8, 4) is 0 Å². The zero-order valence-corrected chi connectivity index (χ0v) is 15.7. The van der Waals surface area contributed by atoms with Crippen molar-refractivity contribution in [1.29, 1.82) is 0 Å². The third kappa shape index (κ3) is 2.93. The molecule has 2 atom stereocenters. The van der Waals surface area contributed by atoms with Crippen LogP contribution in [0.25, 0.3) is 0 Å². The number of fused-ring (bicyclic) bond motifs is 2. The summed E-state index contributed by atoms with van der Waals surface area (Å²) in [6.07, 6.45) is 3.19. The lowest BCUT2D eigenvalue weighted by Crippen LogP contribution is -2.39. The molecule has 0 amide bonds. The first-order chi connectivity index (χ1) is 9.93. The Kier molecular flexibility index (Phi) is 4.70. The lowest BCUT2D eigenvalue weighted by molar-refractivity contribution is 0.246. The van der Waals surface area contributed by atoms with Gasteiger partial charge in [-0.15, -0.1) is 22.9 Å². The fourth-order valence-electron chi connectivity index (χ4n) is 3.27. The standard InChI is InChI=1S/C13H18BrClN2O2S2/c1-16-9-2-3-10(16)8-17(5-4-9)21(18,19)12-6-11(7-15)20-13(12)14/h6,9-10H,2-5,7-8H2,1H3. The molecule has 3 heterocycles. The van der Waals surface area contributed by atoms with Gasteiger partial charge in [-0.1, -0.05) is 0 Å². The third-order valence-electron chi connectivity index (χ3n) is 4.57. The van der Waals surface area contributed by atoms with Gasteiger partial charge in [0.2, 0.25) is 10.0 Å². The van der Waals surface area contributed by atoms with Crippen LogP contribution < -0.4 is 0 Å². The molecule has 2 saturated heterocycles. The van der Waals surface area contributed by atoms with Crippen molar-refractivity contribution in [3.63, 3.8) is 0 Å². The average molecular weight is 414 g/mol. The topological polar surface area (TPSA) is 40.6 Å². The Labute approximate surface area is 143 Å². The molecule has 3 rings (SSSR count). The molecule has 0 N–H and O–H groups in total. The van der Waals surface area contributed by atoms with Gasteiger partial charge in [0, 0.05) is 30.1 Å². The number of halogens is 2. The highest BCUT2D eigenvalue weighted by Crippen LogP contribution is 2.36. The summed E-state index contributed by atoms with van der Waals surface area (Å²) >= 11 is 10.6. The normalized spacial score (nSPS) is 28.0. The summed E-state index contributed by atoms with van der Waals surface area (Å²) in [5, 5.41) is 0. The number of rotatable bonds is 3. The number of nitrogens with zero attached hydrogens (tertiary/aromatic N) is 2. The predicted octanol–water partition coefficient (Wildman–Crippen LogP) is 3.11. The van der Waals surface area contributed by atoms with Gasteiger partial charge < -0.3 is 0 Å². The van der Waals surface area contributed by atoms with Gasteiger partial charge in [0.05, 0.1) is 9.67 Å². The molecule has 0 radical (unpaired) electrons. The van der Waals surface area contributed by atoms with Crippen molar-refractivity contribution in [1.82, 2.24) is 9.21 Å². The van der Waals surface area contributed by atoms with E-state index in [1.54, 1.807) is 10.4 Å². The summed E-state index contributed by atoms with van der Waals surface area (Å²) in [5.74, 6) is 0.340. The van der Waals surface area contributed by atoms with Crippen molar-refractivity contribution >= 4 is 48.9 Å². The summed E-state index contributed by atoms with van der Waals surface area (Å²) in [6, 6.07) is 2.57. The van der Waals surface area contributed by atoms with Crippen LogP contribution in [0.5, 0.6) is 0 Å². The minimum atomic E-state index is -3.44. The van der Waals surface area contributed by atoms with Gasteiger partial charge in [0.1, 0.15) is 4.90 Å². The van der Waals surface area contributed by atoms with Gasteiger partial charge >= 0.3 is 0 Å². The Morgan fingerprint density at radius 3 is 2.76 bits per heavy atom. The number of likely N-dealkylation sites (N-methyl/N-ethyl adjacent to an activating group) is 1. The number of hydrogen-bond acceptors (Lipinski definition) is 4. The number of sulfonamides is 1. The Balaban J connectivity index is 1.89. The summed E-state index contributed by atoms with van der Waals surface area (Å²) < 4.78 is 28.1. The largest absolute Gasteiger partial charge is 0.299 e.